The molecule has 0 aliphatic rings. The number of benzene rings is 1. The molecule has 0 amide bonds. The number of sulfonamides is 1. The number of aliphatic hydroxyl groups excluding tert-OH is 1. The molecule has 0 saturated carbocycles. The van der Waals surface area contributed by atoms with Gasteiger partial charge >= 0.3 is 0 Å². The summed E-state index contributed by atoms with van der Waals surface area (Å²) >= 11 is 11.3. The van der Waals surface area contributed by atoms with Gasteiger partial charge in [0, 0.05) is 0 Å². The van der Waals surface area contributed by atoms with E-state index in [-0.39, 0.29) is 14.9 Å². The molecule has 0 radical (unpaired) electrons. The Bertz CT molecular complexity index is 588. The van der Waals surface area contributed by atoms with Crippen molar-refractivity contribution in [2.75, 3.05) is 0 Å². The van der Waals surface area contributed by atoms with E-state index in [2.05, 4.69) is 0 Å². The van der Waals surface area contributed by atoms with E-state index in [0.29, 0.717) is 0 Å². The second-order valence-electron chi connectivity index (χ2n) is 3.73. The first-order valence-corrected chi connectivity index (χ1v) is 7.25. The molecule has 0 fully saturated rings. The van der Waals surface area contributed by atoms with Gasteiger partial charge in [0.2, 0.25) is 10.0 Å². The molecular weight excluding hydrogens is 317 g/mol. The van der Waals surface area contributed by atoms with Crippen LogP contribution >= 0.6 is 23.2 Å². The normalized spacial score (nSPS) is 14.9. The lowest BCUT2D eigenvalue weighted by Gasteiger charge is -2.22. The minimum absolute atomic E-state index is 0.00610. The quantitative estimate of drug-likeness (QED) is 0.777. The third kappa shape index (κ3) is 4.05. The van der Waals surface area contributed by atoms with Crippen LogP contribution in [0, 0.1) is 0 Å². The van der Waals surface area contributed by atoms with E-state index in [4.69, 9.17) is 23.2 Å². The maximum atomic E-state index is 11.9. The summed E-state index contributed by atoms with van der Waals surface area (Å²) in [7, 11) is -4.16. The van der Waals surface area contributed by atoms with Crippen LogP contribution in [0.4, 0.5) is 0 Å². The summed E-state index contributed by atoms with van der Waals surface area (Å²) in [5, 5.41) is 20.1. The molecule has 6 nitrogen and oxygen atoms in total. The summed E-state index contributed by atoms with van der Waals surface area (Å²) in [5.74, 6) is -1.74. The van der Waals surface area contributed by atoms with Crippen LogP contribution in [0.5, 0.6) is 0 Å². The van der Waals surface area contributed by atoms with Gasteiger partial charge in [0.1, 0.15) is 0 Å². The molecule has 0 heterocycles. The molecule has 1 rings (SSSR count). The zero-order valence-electron chi connectivity index (χ0n) is 9.63. The topological polar surface area (TPSA) is 107 Å². The summed E-state index contributed by atoms with van der Waals surface area (Å²) in [6.45, 7) is 1.12. The summed E-state index contributed by atoms with van der Waals surface area (Å²) in [4.78, 5) is 10.5. The lowest BCUT2D eigenvalue weighted by Crippen LogP contribution is -2.53. The van der Waals surface area contributed by atoms with E-state index < -0.39 is 28.1 Å². The molecule has 0 aliphatic carbocycles. The smallest absolute Gasteiger partial charge is 0.241 e. The van der Waals surface area contributed by atoms with Crippen molar-refractivity contribution >= 4 is 39.2 Å². The maximum absolute atomic E-state index is 11.9. The number of halogens is 2. The number of aliphatic hydroxyl groups is 1. The van der Waals surface area contributed by atoms with Crippen molar-refractivity contribution in [3.05, 3.63) is 28.2 Å². The molecule has 19 heavy (non-hydrogen) atoms. The molecule has 1 aromatic carbocycles. The second kappa shape index (κ2) is 6.06. The number of aliphatic carboxylic acids is 1. The Kier molecular flexibility index (Phi) is 5.17. The number of nitrogens with one attached hydrogen (secondary N) is 1. The number of carbonyl (C=O) groups excluding carboxylic acids is 1. The van der Waals surface area contributed by atoms with Crippen LogP contribution in [-0.4, -0.2) is 31.6 Å². The van der Waals surface area contributed by atoms with Crippen LogP contribution in [0.15, 0.2) is 23.1 Å². The summed E-state index contributed by atoms with van der Waals surface area (Å²) < 4.78 is 25.6. The van der Waals surface area contributed by atoms with Gasteiger partial charge in [0.15, 0.2) is 0 Å². The lowest BCUT2D eigenvalue weighted by atomic mass is 10.2. The Hall–Kier alpha value is -0.860. The highest BCUT2D eigenvalue weighted by Crippen LogP contribution is 2.24. The first-order chi connectivity index (χ1) is 8.65. The lowest BCUT2D eigenvalue weighted by molar-refractivity contribution is -0.309. The van der Waals surface area contributed by atoms with Gasteiger partial charge in [-0.3, -0.25) is 0 Å². The zero-order valence-corrected chi connectivity index (χ0v) is 12.0. The van der Waals surface area contributed by atoms with Crippen molar-refractivity contribution in [1.82, 2.24) is 4.72 Å². The van der Waals surface area contributed by atoms with Crippen molar-refractivity contribution in [1.29, 1.82) is 0 Å². The van der Waals surface area contributed by atoms with Gasteiger partial charge in [0.05, 0.1) is 33.1 Å². The second-order valence-corrected chi connectivity index (χ2v) is 6.26. The molecule has 0 spiro atoms. The molecule has 106 valence electrons. The van der Waals surface area contributed by atoms with E-state index in [9.17, 15) is 23.4 Å². The summed E-state index contributed by atoms with van der Waals surface area (Å²) in [6.07, 6.45) is -1.46. The van der Waals surface area contributed by atoms with Crippen LogP contribution in [0.3, 0.4) is 0 Å². The van der Waals surface area contributed by atoms with Crippen LogP contribution in [0.25, 0.3) is 0 Å². The molecule has 2 atom stereocenters. The zero-order chi connectivity index (χ0) is 14.8. The molecule has 2 N–H and O–H groups in total. The number of carboxylic acids is 1. The van der Waals surface area contributed by atoms with Gasteiger partial charge in [-0.05, 0) is 25.1 Å². The Morgan fingerprint density at radius 2 is 1.95 bits per heavy atom. The average molecular weight is 327 g/mol. The standard InChI is InChI=1S/C10H11Cl2NO5S/c1-5(14)9(10(15)16)13-19(17,18)6-2-3-7(11)8(12)4-6/h2-5,9,13-14H,1H3,(H,15,16)/p-1/t5-,9+/m1/s1. The van der Waals surface area contributed by atoms with Crippen molar-refractivity contribution in [2.24, 2.45) is 0 Å². The minimum atomic E-state index is -4.16. The van der Waals surface area contributed by atoms with Crippen molar-refractivity contribution < 1.29 is 23.4 Å². The molecule has 0 bridgehead atoms. The molecule has 0 saturated heterocycles. The monoisotopic (exact) mass is 326 g/mol. The van der Waals surface area contributed by atoms with Crippen LogP contribution in [0.2, 0.25) is 10.0 Å². The van der Waals surface area contributed by atoms with Crippen molar-refractivity contribution in [3.8, 4) is 0 Å². The number of carbonyl (C=O) groups is 1. The molecule has 0 unspecified atom stereocenters. The molecular formula is C10H10Cl2NO5S-. The molecule has 0 aliphatic heterocycles. The van der Waals surface area contributed by atoms with Gasteiger partial charge in [-0.1, -0.05) is 23.2 Å². The van der Waals surface area contributed by atoms with E-state index in [1.807, 2.05) is 4.72 Å². The first kappa shape index (κ1) is 16.2. The summed E-state index contributed by atoms with van der Waals surface area (Å²) in [6, 6.07) is 1.72. The molecule has 1 aromatic rings. The predicted molar refractivity (Wildman–Crippen MR) is 67.3 cm³/mol. The van der Waals surface area contributed by atoms with Gasteiger partial charge in [-0.15, -0.1) is 0 Å². The Morgan fingerprint density at radius 1 is 1.37 bits per heavy atom. The van der Waals surface area contributed by atoms with Crippen LogP contribution < -0.4 is 9.83 Å². The van der Waals surface area contributed by atoms with E-state index in [1.165, 1.54) is 6.07 Å². The van der Waals surface area contributed by atoms with Crippen molar-refractivity contribution in [2.45, 2.75) is 24.0 Å². The highest BCUT2D eigenvalue weighted by atomic mass is 35.5. The fraction of sp³-hybridized carbons (Fsp3) is 0.300. The van der Waals surface area contributed by atoms with E-state index in [1.54, 1.807) is 0 Å². The molecule has 9 heteroatoms. The minimum Gasteiger partial charge on any atom is -0.548 e. The van der Waals surface area contributed by atoms with E-state index >= 15 is 0 Å². The maximum Gasteiger partial charge on any atom is 0.241 e. The van der Waals surface area contributed by atoms with Crippen molar-refractivity contribution in [3.63, 3.8) is 0 Å². The Balaban J connectivity index is 3.10. The first-order valence-electron chi connectivity index (χ1n) is 5.01. The third-order valence-electron chi connectivity index (χ3n) is 2.22. The number of hydrogen-bond donors (Lipinski definition) is 2. The largest absolute Gasteiger partial charge is 0.548 e. The highest BCUT2D eigenvalue weighted by molar-refractivity contribution is 7.89. The van der Waals surface area contributed by atoms with Gasteiger partial charge in [-0.25, -0.2) is 8.42 Å². The van der Waals surface area contributed by atoms with Gasteiger partial charge in [0.25, 0.3) is 0 Å². The highest BCUT2D eigenvalue weighted by Gasteiger charge is 2.24. The van der Waals surface area contributed by atoms with Gasteiger partial charge in [-0.2, -0.15) is 4.72 Å². The Labute approximate surface area is 120 Å². The SMILES string of the molecule is C[C@@H](O)[C@H](NS(=O)(=O)c1ccc(Cl)c(Cl)c1)C(=O)[O-]. The number of rotatable bonds is 5. The van der Waals surface area contributed by atoms with Crippen LogP contribution in [0.1, 0.15) is 6.92 Å². The average Bonchev–Trinajstić information content (AvgIpc) is 2.28. The third-order valence-corrected chi connectivity index (χ3v) is 4.40. The van der Waals surface area contributed by atoms with E-state index in [0.717, 1.165) is 19.1 Å². The molecule has 0 aromatic heterocycles. The summed E-state index contributed by atoms with van der Waals surface area (Å²) in [5.41, 5.74) is 0. The van der Waals surface area contributed by atoms with Crippen LogP contribution in [-0.2, 0) is 14.8 Å². The predicted octanol–water partition coefficient (Wildman–Crippen LogP) is -0.229. The fourth-order valence-electron chi connectivity index (χ4n) is 1.22. The number of hydrogen-bond acceptors (Lipinski definition) is 5. The van der Waals surface area contributed by atoms with Gasteiger partial charge < -0.3 is 15.0 Å². The fourth-order valence-corrected chi connectivity index (χ4v) is 2.87. The Morgan fingerprint density at radius 3 is 2.37 bits per heavy atom. The number of carboxylic acid groups (broad SMARTS) is 1.